The molecule has 1 atom stereocenters. The van der Waals surface area contributed by atoms with Gasteiger partial charge in [-0.25, -0.2) is 9.79 Å². The molecule has 0 saturated heterocycles. The average molecular weight is 553 g/mol. The Bertz CT molecular complexity index is 1800. The van der Waals surface area contributed by atoms with Crippen LogP contribution in [0.3, 0.4) is 0 Å². The van der Waals surface area contributed by atoms with Crippen LogP contribution in [0, 0.1) is 0 Å². The van der Waals surface area contributed by atoms with Gasteiger partial charge in [0, 0.05) is 5.56 Å². The second-order valence-corrected chi connectivity index (χ2v) is 10.9. The first-order valence-electron chi connectivity index (χ1n) is 13.2. The van der Waals surface area contributed by atoms with Gasteiger partial charge in [0.2, 0.25) is 6.79 Å². The number of fused-ring (bicyclic) bond motifs is 2. The van der Waals surface area contributed by atoms with Crippen molar-refractivity contribution in [2.24, 2.45) is 4.99 Å². The monoisotopic (exact) mass is 552 g/mol. The number of hydrogen-bond donors (Lipinski definition) is 0. The van der Waals surface area contributed by atoms with Crippen molar-refractivity contribution in [3.63, 3.8) is 0 Å². The summed E-state index contributed by atoms with van der Waals surface area (Å²) in [5.41, 5.74) is 4.19. The minimum absolute atomic E-state index is 0.176. The molecule has 0 saturated carbocycles. The van der Waals surface area contributed by atoms with E-state index >= 15 is 0 Å². The van der Waals surface area contributed by atoms with E-state index in [9.17, 15) is 9.59 Å². The van der Waals surface area contributed by atoms with Crippen LogP contribution in [0.15, 0.2) is 88.2 Å². The van der Waals surface area contributed by atoms with Crippen LogP contribution in [0.2, 0.25) is 0 Å². The van der Waals surface area contributed by atoms with Gasteiger partial charge in [0.05, 0.1) is 28.5 Å². The SMILES string of the molecule is CCOC(=O)C1=C(c2ccccc2)N=c2s/c(=C\c3ccc4c(c3)OCO4)c(=O)n2[C@@H]1c1ccc(C(C)C)cc1. The highest BCUT2D eigenvalue weighted by atomic mass is 32.1. The van der Waals surface area contributed by atoms with Crippen molar-refractivity contribution in [3.05, 3.63) is 120 Å². The van der Waals surface area contributed by atoms with Gasteiger partial charge < -0.3 is 14.2 Å². The number of aromatic nitrogens is 1. The molecule has 7 nitrogen and oxygen atoms in total. The number of benzene rings is 3. The zero-order valence-electron chi connectivity index (χ0n) is 22.4. The molecule has 6 rings (SSSR count). The van der Waals surface area contributed by atoms with E-state index in [1.54, 1.807) is 11.5 Å². The number of carbonyl (C=O) groups excluding carboxylic acids is 1. The van der Waals surface area contributed by atoms with E-state index in [0.717, 1.165) is 16.7 Å². The van der Waals surface area contributed by atoms with Crippen molar-refractivity contribution in [3.8, 4) is 11.5 Å². The summed E-state index contributed by atoms with van der Waals surface area (Å²) in [4.78, 5) is 33.0. The number of nitrogens with zero attached hydrogens (tertiary/aromatic N) is 2. The number of hydrogen-bond acceptors (Lipinski definition) is 7. The maximum absolute atomic E-state index is 14.0. The number of ether oxygens (including phenoxy) is 3. The van der Waals surface area contributed by atoms with Gasteiger partial charge in [-0.2, -0.15) is 0 Å². The Morgan fingerprint density at radius 3 is 2.55 bits per heavy atom. The minimum atomic E-state index is -0.703. The lowest BCUT2D eigenvalue weighted by Crippen LogP contribution is -2.40. The van der Waals surface area contributed by atoms with E-state index in [2.05, 4.69) is 13.8 Å². The minimum Gasteiger partial charge on any atom is -0.463 e. The van der Waals surface area contributed by atoms with E-state index in [4.69, 9.17) is 19.2 Å². The lowest BCUT2D eigenvalue weighted by atomic mass is 9.91. The maximum atomic E-state index is 14.0. The van der Waals surface area contributed by atoms with Crippen molar-refractivity contribution >= 4 is 29.1 Å². The zero-order chi connectivity index (χ0) is 27.8. The van der Waals surface area contributed by atoms with E-state index in [1.165, 1.54) is 16.9 Å². The molecule has 4 aromatic rings. The first kappa shape index (κ1) is 25.8. The van der Waals surface area contributed by atoms with Crippen LogP contribution >= 0.6 is 11.3 Å². The van der Waals surface area contributed by atoms with Crippen LogP contribution in [0.1, 0.15) is 55.0 Å². The summed E-state index contributed by atoms with van der Waals surface area (Å²) in [7, 11) is 0. The summed E-state index contributed by atoms with van der Waals surface area (Å²) < 4.78 is 18.6. The molecule has 0 bridgehead atoms. The van der Waals surface area contributed by atoms with Gasteiger partial charge in [0.25, 0.3) is 5.56 Å². The molecule has 8 heteroatoms. The second kappa shape index (κ2) is 10.6. The molecular formula is C32H28N2O5S. The average Bonchev–Trinajstić information content (AvgIpc) is 3.56. The van der Waals surface area contributed by atoms with Crippen LogP contribution in [0.4, 0.5) is 0 Å². The van der Waals surface area contributed by atoms with Gasteiger partial charge in [-0.05, 0) is 47.7 Å². The largest absolute Gasteiger partial charge is 0.463 e. The molecular weight excluding hydrogens is 524 g/mol. The van der Waals surface area contributed by atoms with E-state index in [1.807, 2.05) is 78.9 Å². The Kier molecular flexibility index (Phi) is 6.86. The van der Waals surface area contributed by atoms with E-state index in [0.29, 0.717) is 38.0 Å². The fraction of sp³-hybridized carbons (Fsp3) is 0.219. The lowest BCUT2D eigenvalue weighted by molar-refractivity contribution is -0.138. The van der Waals surface area contributed by atoms with Gasteiger partial charge in [-0.15, -0.1) is 0 Å². The molecule has 0 fully saturated rings. The van der Waals surface area contributed by atoms with Gasteiger partial charge >= 0.3 is 5.97 Å². The first-order chi connectivity index (χ1) is 19.4. The highest BCUT2D eigenvalue weighted by molar-refractivity contribution is 7.07. The fourth-order valence-electron chi connectivity index (χ4n) is 4.97. The number of thiazole rings is 1. The van der Waals surface area contributed by atoms with Crippen molar-refractivity contribution in [2.45, 2.75) is 32.7 Å². The third-order valence-electron chi connectivity index (χ3n) is 6.99. The molecule has 0 radical (unpaired) electrons. The summed E-state index contributed by atoms with van der Waals surface area (Å²) in [6.07, 6.45) is 1.82. The van der Waals surface area contributed by atoms with Crippen LogP contribution in [-0.4, -0.2) is 23.9 Å². The summed E-state index contributed by atoms with van der Waals surface area (Å²) in [5.74, 6) is 1.17. The third-order valence-corrected chi connectivity index (χ3v) is 7.97. The molecule has 0 unspecified atom stereocenters. The molecule has 3 aromatic carbocycles. The molecule has 0 amide bonds. The number of carbonyl (C=O) groups is 1. The van der Waals surface area contributed by atoms with Gasteiger partial charge in [-0.3, -0.25) is 9.36 Å². The van der Waals surface area contributed by atoms with Crippen LogP contribution in [-0.2, 0) is 9.53 Å². The Morgan fingerprint density at radius 2 is 1.82 bits per heavy atom. The maximum Gasteiger partial charge on any atom is 0.338 e. The van der Waals surface area contributed by atoms with Crippen LogP contribution < -0.4 is 24.4 Å². The first-order valence-corrected chi connectivity index (χ1v) is 14.0. The quantitative estimate of drug-likeness (QED) is 0.322. The normalized spacial score (nSPS) is 16.2. The molecule has 0 spiro atoms. The highest BCUT2D eigenvalue weighted by Crippen LogP contribution is 2.36. The van der Waals surface area contributed by atoms with Crippen molar-refractivity contribution in [1.29, 1.82) is 0 Å². The predicted molar refractivity (Wildman–Crippen MR) is 154 cm³/mol. The zero-order valence-corrected chi connectivity index (χ0v) is 23.2. The van der Waals surface area contributed by atoms with Crippen molar-refractivity contribution in [2.75, 3.05) is 13.4 Å². The number of rotatable bonds is 6. The molecule has 0 N–H and O–H groups in total. The Balaban J connectivity index is 1.60. The molecule has 40 heavy (non-hydrogen) atoms. The third kappa shape index (κ3) is 4.64. The Labute approximate surface area is 235 Å². The van der Waals surface area contributed by atoms with Gasteiger partial charge in [-0.1, -0.05) is 85.8 Å². The van der Waals surface area contributed by atoms with Crippen molar-refractivity contribution in [1.82, 2.24) is 4.57 Å². The highest BCUT2D eigenvalue weighted by Gasteiger charge is 2.35. The summed E-state index contributed by atoms with van der Waals surface area (Å²) in [5, 5.41) is 0. The molecule has 0 aliphatic carbocycles. The Hall–Kier alpha value is -4.43. The van der Waals surface area contributed by atoms with E-state index < -0.39 is 12.0 Å². The summed E-state index contributed by atoms with van der Waals surface area (Å²) in [6.45, 7) is 6.42. The van der Waals surface area contributed by atoms with Gasteiger partial charge in [0.15, 0.2) is 16.3 Å². The molecule has 2 aliphatic rings. The lowest BCUT2D eigenvalue weighted by Gasteiger charge is -2.26. The summed E-state index contributed by atoms with van der Waals surface area (Å²) in [6, 6.07) is 22.5. The molecule has 2 aliphatic heterocycles. The standard InChI is InChI=1S/C32H28N2O5S/c1-4-37-31(36)27-28(22-8-6-5-7-9-22)33-32-34(29(27)23-13-11-21(12-14-23)19(2)3)30(35)26(40-32)17-20-10-15-24-25(16-20)39-18-38-24/h5-17,19,29H,4,18H2,1-3H3/b26-17-/t29-/m1/s1. The smallest absolute Gasteiger partial charge is 0.338 e. The van der Waals surface area contributed by atoms with Crippen LogP contribution in [0.5, 0.6) is 11.5 Å². The number of esters is 1. The van der Waals surface area contributed by atoms with Crippen LogP contribution in [0.25, 0.3) is 11.8 Å². The predicted octanol–water partition coefficient (Wildman–Crippen LogP) is 4.79. The van der Waals surface area contributed by atoms with Gasteiger partial charge in [0.1, 0.15) is 0 Å². The van der Waals surface area contributed by atoms with Crippen molar-refractivity contribution < 1.29 is 19.0 Å². The molecule has 3 heterocycles. The second-order valence-electron chi connectivity index (χ2n) is 9.87. The molecule has 1 aromatic heterocycles. The van der Waals surface area contributed by atoms with E-state index in [-0.39, 0.29) is 19.0 Å². The topological polar surface area (TPSA) is 79.1 Å². The molecule has 202 valence electrons. The fourth-order valence-corrected chi connectivity index (χ4v) is 5.97. The Morgan fingerprint density at radius 1 is 1.07 bits per heavy atom. The summed E-state index contributed by atoms with van der Waals surface area (Å²) >= 11 is 1.29.